The molecule has 0 atom stereocenters. The molecule has 5 heteroatoms. The number of para-hydroxylation sites is 2. The first-order valence-corrected chi connectivity index (χ1v) is 17.4. The molecule has 0 aliphatic carbocycles. The standard InChI is InChI=1S/C47H30N4O/c1-4-16-32(17-5-1)45-48-46(33-18-6-2-7-19-33)50-47(49-45)40-26-14-25-39-42-41(30-35-21-12-13-24-38(35)44(42)52-43(39)40)51(36-22-8-3-9-23-36)37-28-27-31-15-10-11-20-34(31)29-37/h1-30H. The first kappa shape index (κ1) is 29.8. The molecule has 0 spiro atoms. The SMILES string of the molecule is c1ccc(-c2nc(-c3ccccc3)nc(-c3cccc4c3oc3c5ccccc5cc(N(c5ccccc5)c5ccc6ccccc6c5)c43)n2)cc1. The smallest absolute Gasteiger partial charge is 0.167 e. The molecule has 0 saturated heterocycles. The van der Waals surface area contributed by atoms with E-state index >= 15 is 0 Å². The molecule has 244 valence electrons. The summed E-state index contributed by atoms with van der Waals surface area (Å²) in [5.74, 6) is 1.77. The second-order valence-electron chi connectivity index (χ2n) is 12.8. The van der Waals surface area contributed by atoms with E-state index < -0.39 is 0 Å². The van der Waals surface area contributed by atoms with Gasteiger partial charge in [0.05, 0.1) is 16.6 Å². The van der Waals surface area contributed by atoms with Gasteiger partial charge in [0.1, 0.15) is 11.2 Å². The highest BCUT2D eigenvalue weighted by atomic mass is 16.3. The zero-order chi connectivity index (χ0) is 34.4. The first-order chi connectivity index (χ1) is 25.8. The molecule has 0 N–H and O–H groups in total. The van der Waals surface area contributed by atoms with Crippen molar-refractivity contribution in [1.82, 2.24) is 15.0 Å². The summed E-state index contributed by atoms with van der Waals surface area (Å²) in [6, 6.07) is 62.8. The highest BCUT2D eigenvalue weighted by molar-refractivity contribution is 6.23. The van der Waals surface area contributed by atoms with Crippen LogP contribution >= 0.6 is 0 Å². The van der Waals surface area contributed by atoms with E-state index in [-0.39, 0.29) is 0 Å². The Kier molecular flexibility index (Phi) is 7.07. The molecule has 52 heavy (non-hydrogen) atoms. The van der Waals surface area contributed by atoms with Crippen molar-refractivity contribution in [1.29, 1.82) is 0 Å². The normalized spacial score (nSPS) is 11.5. The Morgan fingerprint density at radius 1 is 0.385 bits per heavy atom. The number of hydrogen-bond acceptors (Lipinski definition) is 5. The van der Waals surface area contributed by atoms with Crippen molar-refractivity contribution in [2.24, 2.45) is 0 Å². The summed E-state index contributed by atoms with van der Waals surface area (Å²) in [5, 5.41) is 6.51. The van der Waals surface area contributed by atoms with Crippen molar-refractivity contribution in [2.75, 3.05) is 4.90 Å². The van der Waals surface area contributed by atoms with Crippen LogP contribution in [0.15, 0.2) is 186 Å². The number of aromatic nitrogens is 3. The van der Waals surface area contributed by atoms with Crippen molar-refractivity contribution >= 4 is 60.5 Å². The van der Waals surface area contributed by atoms with E-state index in [1.54, 1.807) is 0 Å². The van der Waals surface area contributed by atoms with Gasteiger partial charge in [0.15, 0.2) is 17.5 Å². The second-order valence-corrected chi connectivity index (χ2v) is 12.8. The van der Waals surface area contributed by atoms with Crippen LogP contribution in [0.1, 0.15) is 0 Å². The minimum atomic E-state index is 0.553. The van der Waals surface area contributed by atoms with Gasteiger partial charge in [-0.1, -0.05) is 146 Å². The zero-order valence-corrected chi connectivity index (χ0v) is 28.0. The maximum Gasteiger partial charge on any atom is 0.167 e. The average Bonchev–Trinajstić information content (AvgIpc) is 3.62. The van der Waals surface area contributed by atoms with E-state index in [1.165, 1.54) is 10.8 Å². The van der Waals surface area contributed by atoms with Gasteiger partial charge in [-0.25, -0.2) is 15.0 Å². The number of anilines is 3. The maximum absolute atomic E-state index is 7.05. The van der Waals surface area contributed by atoms with Gasteiger partial charge in [-0.2, -0.15) is 0 Å². The lowest BCUT2D eigenvalue weighted by atomic mass is 10.0. The van der Waals surface area contributed by atoms with Gasteiger partial charge < -0.3 is 9.32 Å². The fourth-order valence-electron chi connectivity index (χ4n) is 7.21. The van der Waals surface area contributed by atoms with Gasteiger partial charge >= 0.3 is 0 Å². The summed E-state index contributed by atoms with van der Waals surface area (Å²) in [5.41, 5.74) is 7.32. The van der Waals surface area contributed by atoms with Crippen LogP contribution in [0.5, 0.6) is 0 Å². The Hall–Kier alpha value is -7.11. The minimum Gasteiger partial charge on any atom is -0.455 e. The monoisotopic (exact) mass is 666 g/mol. The quantitative estimate of drug-likeness (QED) is 0.177. The molecule has 0 fully saturated rings. The first-order valence-electron chi connectivity index (χ1n) is 17.4. The third-order valence-electron chi connectivity index (χ3n) is 9.66. The van der Waals surface area contributed by atoms with Crippen LogP contribution < -0.4 is 4.90 Å². The molecule has 0 amide bonds. The van der Waals surface area contributed by atoms with E-state index in [0.717, 1.165) is 66.5 Å². The summed E-state index contributed by atoms with van der Waals surface area (Å²) < 4.78 is 7.05. The van der Waals surface area contributed by atoms with Crippen molar-refractivity contribution in [3.63, 3.8) is 0 Å². The molecule has 0 radical (unpaired) electrons. The molecular weight excluding hydrogens is 637 g/mol. The molecule has 2 heterocycles. The predicted octanol–water partition coefficient (Wildman–Crippen LogP) is 12.5. The molecule has 2 aromatic heterocycles. The van der Waals surface area contributed by atoms with Crippen LogP contribution in [0, 0.1) is 0 Å². The number of hydrogen-bond donors (Lipinski definition) is 0. The lowest BCUT2D eigenvalue weighted by molar-refractivity contribution is 0.673. The molecule has 5 nitrogen and oxygen atoms in total. The minimum absolute atomic E-state index is 0.553. The van der Waals surface area contributed by atoms with Crippen molar-refractivity contribution in [2.45, 2.75) is 0 Å². The molecule has 10 aromatic rings. The topological polar surface area (TPSA) is 55.1 Å². The van der Waals surface area contributed by atoms with Crippen LogP contribution in [0.2, 0.25) is 0 Å². The van der Waals surface area contributed by atoms with Crippen LogP contribution in [-0.2, 0) is 0 Å². The van der Waals surface area contributed by atoms with Gasteiger partial charge in [-0.05, 0) is 52.6 Å². The highest BCUT2D eigenvalue weighted by Gasteiger charge is 2.24. The lowest BCUT2D eigenvalue weighted by Gasteiger charge is -2.27. The molecule has 0 saturated carbocycles. The van der Waals surface area contributed by atoms with Crippen LogP contribution in [0.3, 0.4) is 0 Å². The van der Waals surface area contributed by atoms with Gasteiger partial charge in [0, 0.05) is 33.3 Å². The Balaban J connectivity index is 1.27. The molecule has 0 aliphatic rings. The average molecular weight is 667 g/mol. The zero-order valence-electron chi connectivity index (χ0n) is 28.0. The van der Waals surface area contributed by atoms with Gasteiger partial charge in [0.2, 0.25) is 0 Å². The number of rotatable bonds is 6. The maximum atomic E-state index is 7.05. The van der Waals surface area contributed by atoms with Crippen LogP contribution in [-0.4, -0.2) is 15.0 Å². The van der Waals surface area contributed by atoms with Crippen molar-refractivity contribution in [3.05, 3.63) is 182 Å². The summed E-state index contributed by atoms with van der Waals surface area (Å²) in [4.78, 5) is 17.4. The lowest BCUT2D eigenvalue weighted by Crippen LogP contribution is -2.10. The summed E-state index contributed by atoms with van der Waals surface area (Å²) >= 11 is 0. The van der Waals surface area contributed by atoms with Crippen molar-refractivity contribution in [3.8, 4) is 34.2 Å². The fourth-order valence-corrected chi connectivity index (χ4v) is 7.21. The molecular formula is C47H30N4O. The Morgan fingerprint density at radius 2 is 0.962 bits per heavy atom. The predicted molar refractivity (Wildman–Crippen MR) is 213 cm³/mol. The molecule has 8 aromatic carbocycles. The number of furan rings is 1. The van der Waals surface area contributed by atoms with Gasteiger partial charge in [-0.3, -0.25) is 0 Å². The molecule has 0 unspecified atom stereocenters. The van der Waals surface area contributed by atoms with E-state index in [9.17, 15) is 0 Å². The van der Waals surface area contributed by atoms with E-state index in [1.807, 2.05) is 66.7 Å². The van der Waals surface area contributed by atoms with Gasteiger partial charge in [0.25, 0.3) is 0 Å². The van der Waals surface area contributed by atoms with E-state index in [2.05, 4.69) is 120 Å². The molecule has 10 rings (SSSR count). The Bertz CT molecular complexity index is 2850. The van der Waals surface area contributed by atoms with Crippen LogP contribution in [0.4, 0.5) is 17.1 Å². The summed E-state index contributed by atoms with van der Waals surface area (Å²) in [6.45, 7) is 0. The third kappa shape index (κ3) is 5.07. The summed E-state index contributed by atoms with van der Waals surface area (Å²) in [7, 11) is 0. The number of fused-ring (bicyclic) bond motifs is 6. The van der Waals surface area contributed by atoms with Gasteiger partial charge in [-0.15, -0.1) is 0 Å². The van der Waals surface area contributed by atoms with Crippen molar-refractivity contribution < 1.29 is 4.42 Å². The second kappa shape index (κ2) is 12.3. The fraction of sp³-hybridized carbons (Fsp3) is 0. The van der Waals surface area contributed by atoms with E-state index in [4.69, 9.17) is 19.4 Å². The number of benzene rings is 8. The van der Waals surface area contributed by atoms with Crippen LogP contribution in [0.25, 0.3) is 77.6 Å². The van der Waals surface area contributed by atoms with E-state index in [0.29, 0.717) is 17.5 Å². The Labute approximate surface area is 300 Å². The third-order valence-corrected chi connectivity index (χ3v) is 9.66. The molecule has 0 aliphatic heterocycles. The number of nitrogens with zero attached hydrogens (tertiary/aromatic N) is 4. The molecule has 0 bridgehead atoms. The largest absolute Gasteiger partial charge is 0.455 e. The Morgan fingerprint density at radius 3 is 1.67 bits per heavy atom. The summed E-state index contributed by atoms with van der Waals surface area (Å²) in [6.07, 6.45) is 0. The highest BCUT2D eigenvalue weighted by Crippen LogP contribution is 2.47.